The average Bonchev–Trinajstić information content (AvgIpc) is 2.45. The number of carbonyl (C=O) groups is 3. The first-order chi connectivity index (χ1) is 11.2. The molecule has 2 heterocycles. The molecule has 0 aromatic carbocycles. The number of carbonyl (C=O) groups excluding carboxylic acids is 2. The topological polar surface area (TPSA) is 127 Å². The fourth-order valence-corrected chi connectivity index (χ4v) is 2.04. The minimum atomic E-state index is -1.33. The van der Waals surface area contributed by atoms with E-state index >= 15 is 0 Å². The Balaban J connectivity index is 2.04. The lowest BCUT2D eigenvalue weighted by Gasteiger charge is -2.28. The molecule has 2 amide bonds. The van der Waals surface area contributed by atoms with E-state index in [1.807, 2.05) is 0 Å². The number of carboxylic acids is 1. The normalized spacial score (nSPS) is 17.8. The Bertz CT molecular complexity index is 655. The summed E-state index contributed by atoms with van der Waals surface area (Å²) in [7, 11) is 0. The van der Waals surface area contributed by atoms with Gasteiger partial charge in [-0.2, -0.15) is 0 Å². The van der Waals surface area contributed by atoms with Crippen LogP contribution in [0.3, 0.4) is 0 Å². The second kappa shape index (κ2) is 6.73. The Morgan fingerprint density at radius 1 is 1.50 bits per heavy atom. The molecule has 0 unspecified atom stereocenters. The molecule has 1 aromatic heterocycles. The van der Waals surface area contributed by atoms with E-state index in [1.165, 1.54) is 12.4 Å². The van der Waals surface area contributed by atoms with E-state index in [4.69, 9.17) is 9.47 Å². The zero-order valence-corrected chi connectivity index (χ0v) is 13.5. The van der Waals surface area contributed by atoms with Crippen molar-refractivity contribution in [3.63, 3.8) is 0 Å². The lowest BCUT2D eigenvalue weighted by molar-refractivity contribution is -0.140. The molecule has 9 nitrogen and oxygen atoms in total. The number of fused-ring (bicyclic) bond motifs is 1. The first-order valence-electron chi connectivity index (χ1n) is 7.29. The van der Waals surface area contributed by atoms with Crippen molar-refractivity contribution in [2.45, 2.75) is 44.9 Å². The molecule has 1 aliphatic heterocycles. The van der Waals surface area contributed by atoms with Gasteiger partial charge in [-0.1, -0.05) is 0 Å². The van der Waals surface area contributed by atoms with Gasteiger partial charge in [0.2, 0.25) is 0 Å². The van der Waals surface area contributed by atoms with Crippen molar-refractivity contribution in [1.82, 2.24) is 10.3 Å². The second-order valence-electron chi connectivity index (χ2n) is 6.24. The molecule has 3 N–H and O–H groups in total. The van der Waals surface area contributed by atoms with E-state index in [2.05, 4.69) is 15.6 Å². The highest BCUT2D eigenvalue weighted by molar-refractivity contribution is 5.98. The molecule has 1 aliphatic rings. The molecule has 0 saturated carbocycles. The minimum Gasteiger partial charge on any atom is -0.480 e. The predicted octanol–water partition coefficient (Wildman–Crippen LogP) is 1.15. The number of rotatable bonds is 4. The first-order valence-corrected chi connectivity index (χ1v) is 7.29. The van der Waals surface area contributed by atoms with Crippen LogP contribution in [0.1, 0.15) is 27.2 Å². The summed E-state index contributed by atoms with van der Waals surface area (Å²) in [5, 5.41) is 14.1. The lowest BCUT2D eigenvalue weighted by atomic mass is 10.1. The molecular weight excluding hydrogens is 318 g/mol. The number of ether oxygens (including phenoxy) is 2. The maximum absolute atomic E-state index is 12.0. The van der Waals surface area contributed by atoms with Gasteiger partial charge in [-0.3, -0.25) is 9.78 Å². The van der Waals surface area contributed by atoms with E-state index in [1.54, 1.807) is 26.8 Å². The smallest absolute Gasteiger partial charge is 0.408 e. The Hall–Kier alpha value is -2.84. The largest absolute Gasteiger partial charge is 0.480 e. The van der Waals surface area contributed by atoms with Gasteiger partial charge in [0.15, 0.2) is 6.10 Å². The minimum absolute atomic E-state index is 0.248. The molecule has 0 aliphatic carbocycles. The third-order valence-electron chi connectivity index (χ3n) is 3.04. The molecule has 0 spiro atoms. The van der Waals surface area contributed by atoms with Crippen molar-refractivity contribution in [3.05, 3.63) is 18.5 Å². The summed E-state index contributed by atoms with van der Waals surface area (Å²) >= 11 is 0. The number of aromatic nitrogens is 1. The molecular formula is C15H19N3O6. The van der Waals surface area contributed by atoms with E-state index in [-0.39, 0.29) is 6.42 Å². The number of amides is 2. The number of nitrogens with one attached hydrogen (secondary N) is 2. The van der Waals surface area contributed by atoms with Crippen LogP contribution in [0.25, 0.3) is 0 Å². The Labute approximate surface area is 138 Å². The highest BCUT2D eigenvalue weighted by atomic mass is 16.6. The van der Waals surface area contributed by atoms with E-state index in [0.29, 0.717) is 11.4 Å². The number of hydrogen-bond donors (Lipinski definition) is 3. The number of anilines is 1. The quantitative estimate of drug-likeness (QED) is 0.752. The summed E-state index contributed by atoms with van der Waals surface area (Å²) in [6, 6.07) is 0.220. The van der Waals surface area contributed by atoms with Crippen LogP contribution in [0.5, 0.6) is 5.75 Å². The zero-order chi connectivity index (χ0) is 17.9. The summed E-state index contributed by atoms with van der Waals surface area (Å²) in [6.07, 6.45) is 0.729. The van der Waals surface area contributed by atoms with Gasteiger partial charge in [-0.15, -0.1) is 0 Å². The predicted molar refractivity (Wildman–Crippen MR) is 82.7 cm³/mol. The van der Waals surface area contributed by atoms with Crippen LogP contribution in [0, 0.1) is 0 Å². The van der Waals surface area contributed by atoms with E-state index < -0.39 is 35.7 Å². The van der Waals surface area contributed by atoms with Crippen LogP contribution in [0.2, 0.25) is 0 Å². The summed E-state index contributed by atoms with van der Waals surface area (Å²) in [5.74, 6) is -1.42. The third kappa shape index (κ3) is 4.58. The molecule has 0 bridgehead atoms. The van der Waals surface area contributed by atoms with Gasteiger partial charge in [0.05, 0.1) is 6.20 Å². The van der Waals surface area contributed by atoms with E-state index in [9.17, 15) is 19.5 Å². The Kier molecular flexibility index (Phi) is 4.91. The van der Waals surface area contributed by atoms with Gasteiger partial charge in [-0.05, 0) is 20.8 Å². The van der Waals surface area contributed by atoms with Gasteiger partial charge in [0.25, 0.3) is 5.91 Å². The van der Waals surface area contributed by atoms with E-state index in [0.717, 1.165) is 0 Å². The van der Waals surface area contributed by atoms with Crippen molar-refractivity contribution in [2.24, 2.45) is 0 Å². The van der Waals surface area contributed by atoms with Crippen molar-refractivity contribution >= 4 is 23.7 Å². The van der Waals surface area contributed by atoms with Gasteiger partial charge >= 0.3 is 12.1 Å². The molecule has 9 heteroatoms. The summed E-state index contributed by atoms with van der Waals surface area (Å²) in [6.45, 7) is 4.97. The lowest BCUT2D eigenvalue weighted by Crippen LogP contribution is -2.48. The maximum atomic E-state index is 12.0. The summed E-state index contributed by atoms with van der Waals surface area (Å²) in [5.41, 5.74) is -0.358. The summed E-state index contributed by atoms with van der Waals surface area (Å²) in [4.78, 5) is 39.0. The fourth-order valence-electron chi connectivity index (χ4n) is 2.04. The molecule has 0 radical (unpaired) electrons. The van der Waals surface area contributed by atoms with Crippen LogP contribution < -0.4 is 15.4 Å². The van der Waals surface area contributed by atoms with Crippen molar-refractivity contribution in [1.29, 1.82) is 0 Å². The first kappa shape index (κ1) is 17.5. The fraction of sp³-hybridized carbons (Fsp3) is 0.467. The standard InChI is InChI=1S/C15H19N3O6/c1-15(2,3)24-14(22)18-8(13(20)21)6-11-12(19)17-9-7-16-5-4-10(9)23-11/h4-5,7-8,11H,6H2,1-3H3,(H,17,19)(H,18,22)(H,20,21)/t8-,11+/m0/s1. The third-order valence-corrected chi connectivity index (χ3v) is 3.04. The number of nitrogens with zero attached hydrogens (tertiary/aromatic N) is 1. The number of carboxylic acid groups (broad SMARTS) is 1. The second-order valence-corrected chi connectivity index (χ2v) is 6.24. The molecule has 0 saturated heterocycles. The number of pyridine rings is 1. The molecule has 2 rings (SSSR count). The van der Waals surface area contributed by atoms with Gasteiger partial charge in [0.1, 0.15) is 23.1 Å². The van der Waals surface area contributed by atoms with Crippen LogP contribution in [0.4, 0.5) is 10.5 Å². The molecule has 24 heavy (non-hydrogen) atoms. The molecule has 0 fully saturated rings. The van der Waals surface area contributed by atoms with Crippen molar-refractivity contribution in [2.75, 3.05) is 5.32 Å². The number of alkyl carbamates (subject to hydrolysis) is 1. The monoisotopic (exact) mass is 337 g/mol. The van der Waals surface area contributed by atoms with Crippen molar-refractivity contribution in [3.8, 4) is 5.75 Å². The van der Waals surface area contributed by atoms with Crippen LogP contribution in [0.15, 0.2) is 18.5 Å². The molecule has 2 atom stereocenters. The molecule has 130 valence electrons. The van der Waals surface area contributed by atoms with Crippen LogP contribution >= 0.6 is 0 Å². The highest BCUT2D eigenvalue weighted by Crippen LogP contribution is 2.29. The van der Waals surface area contributed by atoms with Crippen LogP contribution in [-0.2, 0) is 14.3 Å². The molecule has 1 aromatic rings. The Morgan fingerprint density at radius 2 is 2.21 bits per heavy atom. The number of hydrogen-bond acceptors (Lipinski definition) is 6. The Morgan fingerprint density at radius 3 is 2.83 bits per heavy atom. The average molecular weight is 337 g/mol. The van der Waals surface area contributed by atoms with Crippen LogP contribution in [-0.4, -0.2) is 45.8 Å². The number of aliphatic carboxylic acids is 1. The maximum Gasteiger partial charge on any atom is 0.408 e. The van der Waals surface area contributed by atoms with Crippen molar-refractivity contribution < 1.29 is 29.0 Å². The SMILES string of the molecule is CC(C)(C)OC(=O)N[C@@H](C[C@H]1Oc2ccncc2NC1=O)C(=O)O. The highest BCUT2D eigenvalue weighted by Gasteiger charge is 2.34. The summed E-state index contributed by atoms with van der Waals surface area (Å²) < 4.78 is 10.5. The van der Waals surface area contributed by atoms with Gasteiger partial charge in [-0.25, -0.2) is 9.59 Å². The zero-order valence-electron chi connectivity index (χ0n) is 13.5. The van der Waals surface area contributed by atoms with Gasteiger partial charge < -0.3 is 25.2 Å². The van der Waals surface area contributed by atoms with Gasteiger partial charge in [0, 0.05) is 18.7 Å².